The highest BCUT2D eigenvalue weighted by molar-refractivity contribution is 9.10. The van der Waals surface area contributed by atoms with Gasteiger partial charge in [-0.25, -0.2) is 0 Å². The molecule has 0 aromatic heterocycles. The predicted molar refractivity (Wildman–Crippen MR) is 63.5 cm³/mol. The molecular weight excluding hydrogens is 278 g/mol. The topological polar surface area (TPSA) is 46.2 Å². The summed E-state index contributed by atoms with van der Waals surface area (Å²) in [6, 6.07) is 3.53. The van der Waals surface area contributed by atoms with E-state index < -0.39 is 11.7 Å². The minimum Gasteiger partial charge on any atom is -0.318 e. The van der Waals surface area contributed by atoms with Crippen LogP contribution in [-0.4, -0.2) is 17.4 Å². The second-order valence-corrected chi connectivity index (χ2v) is 5.20. The van der Waals surface area contributed by atoms with E-state index in [1.165, 1.54) is 0 Å². The van der Waals surface area contributed by atoms with Gasteiger partial charge in [0.25, 0.3) is 11.7 Å². The lowest BCUT2D eigenvalue weighted by atomic mass is 10.1. The van der Waals surface area contributed by atoms with Crippen molar-refractivity contribution in [3.8, 4) is 0 Å². The normalized spacial score (nSPS) is 14.0. The van der Waals surface area contributed by atoms with Crippen molar-refractivity contribution in [2.24, 2.45) is 0 Å². The Bertz CT molecular complexity index is 459. The van der Waals surface area contributed by atoms with Crippen LogP contribution in [0.1, 0.15) is 17.3 Å². The molecule has 0 unspecified atom stereocenters. The summed E-state index contributed by atoms with van der Waals surface area (Å²) in [4.78, 5) is 23.5. The number of anilines is 1. The van der Waals surface area contributed by atoms with Crippen molar-refractivity contribution in [2.75, 3.05) is 11.1 Å². The van der Waals surface area contributed by atoms with Crippen LogP contribution >= 0.6 is 27.7 Å². The van der Waals surface area contributed by atoms with E-state index in [0.717, 1.165) is 15.1 Å². The maximum absolute atomic E-state index is 11.4. The van der Waals surface area contributed by atoms with E-state index in [4.69, 9.17) is 0 Å². The summed E-state index contributed by atoms with van der Waals surface area (Å²) in [7, 11) is 0. The Morgan fingerprint density at radius 1 is 1.40 bits per heavy atom. The molecule has 1 heterocycles. The van der Waals surface area contributed by atoms with Gasteiger partial charge in [0, 0.05) is 9.37 Å². The summed E-state index contributed by atoms with van der Waals surface area (Å²) in [5.74, 6) is -0.0616. The first-order valence-corrected chi connectivity index (χ1v) is 6.23. The zero-order valence-electron chi connectivity index (χ0n) is 7.96. The summed E-state index contributed by atoms with van der Waals surface area (Å²) >= 11 is 5.05. The number of benzene rings is 1. The van der Waals surface area contributed by atoms with Crippen molar-refractivity contribution in [1.82, 2.24) is 0 Å². The number of amides is 1. The van der Waals surface area contributed by atoms with Gasteiger partial charge in [0.2, 0.25) is 0 Å². The minimum atomic E-state index is -0.546. The summed E-state index contributed by atoms with van der Waals surface area (Å²) in [6.45, 7) is 2.05. The molecule has 78 valence electrons. The van der Waals surface area contributed by atoms with E-state index in [1.807, 2.05) is 13.0 Å². The molecule has 0 aliphatic carbocycles. The van der Waals surface area contributed by atoms with E-state index in [9.17, 15) is 9.59 Å². The van der Waals surface area contributed by atoms with Gasteiger partial charge in [0.05, 0.1) is 11.3 Å². The molecule has 3 nitrogen and oxygen atoms in total. The molecule has 0 saturated carbocycles. The molecule has 1 N–H and O–H groups in total. The van der Waals surface area contributed by atoms with Gasteiger partial charge in [-0.2, -0.15) is 0 Å². The van der Waals surface area contributed by atoms with Gasteiger partial charge in [-0.15, -0.1) is 11.8 Å². The van der Waals surface area contributed by atoms with Crippen molar-refractivity contribution < 1.29 is 9.59 Å². The molecule has 0 atom stereocenters. The highest BCUT2D eigenvalue weighted by Gasteiger charge is 2.28. The minimum absolute atomic E-state index is 0.451. The van der Waals surface area contributed by atoms with E-state index in [1.54, 1.807) is 17.8 Å². The number of ketones is 1. The molecule has 0 saturated heterocycles. The number of rotatable bonds is 2. The molecule has 1 aromatic carbocycles. The van der Waals surface area contributed by atoms with Crippen LogP contribution in [0, 0.1) is 0 Å². The van der Waals surface area contributed by atoms with Crippen LogP contribution in [0.5, 0.6) is 0 Å². The molecule has 2 rings (SSSR count). The Morgan fingerprint density at radius 2 is 2.13 bits per heavy atom. The number of Topliss-reactive ketones (excluding diaryl/α,β-unsaturated/α-hetero) is 1. The second kappa shape index (κ2) is 3.98. The molecule has 0 spiro atoms. The number of hydrogen-bond acceptors (Lipinski definition) is 3. The number of thioether (sulfide) groups is 1. The van der Waals surface area contributed by atoms with Crippen LogP contribution in [0.25, 0.3) is 0 Å². The number of carbonyl (C=O) groups is 2. The van der Waals surface area contributed by atoms with Gasteiger partial charge in [0.15, 0.2) is 0 Å². The first kappa shape index (κ1) is 10.7. The third-order valence-corrected chi connectivity index (χ3v) is 3.93. The maximum Gasteiger partial charge on any atom is 0.296 e. The smallest absolute Gasteiger partial charge is 0.296 e. The molecule has 0 fully saturated rings. The van der Waals surface area contributed by atoms with Crippen molar-refractivity contribution in [3.05, 3.63) is 22.2 Å². The lowest BCUT2D eigenvalue weighted by Gasteiger charge is -2.04. The summed E-state index contributed by atoms with van der Waals surface area (Å²) in [6.07, 6.45) is 0. The fraction of sp³-hybridized carbons (Fsp3) is 0.200. The van der Waals surface area contributed by atoms with E-state index in [2.05, 4.69) is 21.2 Å². The Balaban J connectivity index is 2.49. The van der Waals surface area contributed by atoms with Crippen molar-refractivity contribution >= 4 is 45.1 Å². The van der Waals surface area contributed by atoms with E-state index in [-0.39, 0.29) is 0 Å². The highest BCUT2D eigenvalue weighted by atomic mass is 79.9. The lowest BCUT2D eigenvalue weighted by Crippen LogP contribution is -2.12. The average Bonchev–Trinajstić information content (AvgIpc) is 2.46. The fourth-order valence-electron chi connectivity index (χ4n) is 1.41. The Hall–Kier alpha value is -0.810. The van der Waals surface area contributed by atoms with Gasteiger partial charge in [-0.05, 0) is 33.8 Å². The average molecular weight is 286 g/mol. The number of hydrogen-bond donors (Lipinski definition) is 1. The second-order valence-electron chi connectivity index (χ2n) is 3.04. The van der Waals surface area contributed by atoms with Gasteiger partial charge < -0.3 is 5.32 Å². The quantitative estimate of drug-likeness (QED) is 0.671. The highest BCUT2D eigenvalue weighted by Crippen LogP contribution is 2.35. The van der Waals surface area contributed by atoms with Gasteiger partial charge in [0.1, 0.15) is 0 Å². The molecule has 1 amide bonds. The molecular formula is C10H8BrNO2S. The number of halogens is 1. The van der Waals surface area contributed by atoms with E-state index in [0.29, 0.717) is 11.3 Å². The summed E-state index contributed by atoms with van der Waals surface area (Å²) in [5.41, 5.74) is 1.07. The third kappa shape index (κ3) is 1.81. The van der Waals surface area contributed by atoms with Gasteiger partial charge in [-0.1, -0.05) is 6.92 Å². The maximum atomic E-state index is 11.4. The first-order valence-electron chi connectivity index (χ1n) is 4.45. The number of fused-ring (bicyclic) bond motifs is 1. The van der Waals surface area contributed by atoms with Crippen LogP contribution in [0.4, 0.5) is 5.69 Å². The van der Waals surface area contributed by atoms with Gasteiger partial charge in [-0.3, -0.25) is 9.59 Å². The van der Waals surface area contributed by atoms with Crippen LogP contribution in [0.3, 0.4) is 0 Å². The standard InChI is InChI=1S/C10H8BrNO2S/c1-2-15-8-4-7-5(3-6(8)11)9(13)10(14)12-7/h3-4H,2H2,1H3,(H,12,13,14). The van der Waals surface area contributed by atoms with E-state index >= 15 is 0 Å². The monoisotopic (exact) mass is 285 g/mol. The van der Waals surface area contributed by atoms with Crippen molar-refractivity contribution in [1.29, 1.82) is 0 Å². The molecule has 1 aliphatic heterocycles. The zero-order chi connectivity index (χ0) is 11.0. The molecule has 15 heavy (non-hydrogen) atoms. The first-order chi connectivity index (χ1) is 7.13. The van der Waals surface area contributed by atoms with Gasteiger partial charge >= 0.3 is 0 Å². The molecule has 0 radical (unpaired) electrons. The van der Waals surface area contributed by atoms with Crippen LogP contribution in [-0.2, 0) is 4.79 Å². The fourth-order valence-corrected chi connectivity index (χ4v) is 2.81. The molecule has 5 heteroatoms. The SMILES string of the molecule is CCSc1cc2c(cc1Br)C(=O)C(=O)N2. The van der Waals surface area contributed by atoms with Crippen molar-refractivity contribution in [2.45, 2.75) is 11.8 Å². The largest absolute Gasteiger partial charge is 0.318 e. The van der Waals surface area contributed by atoms with Crippen LogP contribution in [0.2, 0.25) is 0 Å². The summed E-state index contributed by atoms with van der Waals surface area (Å²) in [5, 5.41) is 2.55. The number of carbonyl (C=O) groups excluding carboxylic acids is 2. The Kier molecular flexibility index (Phi) is 2.84. The Labute approximate surface area is 99.7 Å². The zero-order valence-corrected chi connectivity index (χ0v) is 10.4. The third-order valence-electron chi connectivity index (χ3n) is 2.07. The molecule has 1 aliphatic rings. The Morgan fingerprint density at radius 3 is 2.80 bits per heavy atom. The van der Waals surface area contributed by atoms with Crippen molar-refractivity contribution in [3.63, 3.8) is 0 Å². The predicted octanol–water partition coefficient (Wildman–Crippen LogP) is 2.70. The van der Waals surface area contributed by atoms with Crippen LogP contribution < -0.4 is 5.32 Å². The van der Waals surface area contributed by atoms with Crippen LogP contribution in [0.15, 0.2) is 21.5 Å². The number of nitrogens with one attached hydrogen (secondary N) is 1. The lowest BCUT2D eigenvalue weighted by molar-refractivity contribution is -0.112. The molecule has 1 aromatic rings. The summed E-state index contributed by atoms with van der Waals surface area (Å²) < 4.78 is 0.859. The molecule has 0 bridgehead atoms.